The molecular weight excluding hydrogens is 326 g/mol. The zero-order valence-corrected chi connectivity index (χ0v) is 12.1. The van der Waals surface area contributed by atoms with Crippen LogP contribution in [0.1, 0.15) is 10.6 Å². The summed E-state index contributed by atoms with van der Waals surface area (Å²) >= 11 is 3.36. The quantitative estimate of drug-likeness (QED) is 0.848. The summed E-state index contributed by atoms with van der Waals surface area (Å²) in [6, 6.07) is 3.92. The van der Waals surface area contributed by atoms with Gasteiger partial charge >= 0.3 is 0 Å². The standard InChI is InChI=1S/C11H12BrN7O/c12-8-1-2-9(13-7-8)18-3-5-19(6-4-18)11(20)10-14-16-17-15-10/h1-2,7H,3-6H2,(H,14,15,16,17). The fourth-order valence-corrected chi connectivity index (χ4v) is 2.32. The molecule has 1 aliphatic heterocycles. The maximum Gasteiger partial charge on any atom is 0.295 e. The van der Waals surface area contributed by atoms with Gasteiger partial charge in [0, 0.05) is 36.8 Å². The average Bonchev–Trinajstić information content (AvgIpc) is 3.02. The first-order chi connectivity index (χ1) is 9.74. The van der Waals surface area contributed by atoms with E-state index < -0.39 is 0 Å². The molecule has 1 amide bonds. The summed E-state index contributed by atoms with van der Waals surface area (Å²) in [6.45, 7) is 2.70. The third-order valence-corrected chi connectivity index (χ3v) is 3.61. The Hall–Kier alpha value is -2.03. The van der Waals surface area contributed by atoms with E-state index in [0.717, 1.165) is 23.4 Å². The minimum Gasteiger partial charge on any atom is -0.353 e. The molecule has 0 atom stereocenters. The number of pyridine rings is 1. The fraction of sp³-hybridized carbons (Fsp3) is 0.364. The highest BCUT2D eigenvalue weighted by atomic mass is 79.9. The van der Waals surface area contributed by atoms with E-state index in [9.17, 15) is 4.79 Å². The van der Waals surface area contributed by atoms with Crippen molar-refractivity contribution in [2.24, 2.45) is 0 Å². The van der Waals surface area contributed by atoms with Gasteiger partial charge in [0.2, 0.25) is 0 Å². The van der Waals surface area contributed by atoms with E-state index >= 15 is 0 Å². The van der Waals surface area contributed by atoms with E-state index in [-0.39, 0.29) is 11.7 Å². The van der Waals surface area contributed by atoms with Crippen molar-refractivity contribution >= 4 is 27.7 Å². The molecule has 20 heavy (non-hydrogen) atoms. The van der Waals surface area contributed by atoms with Gasteiger partial charge in [0.25, 0.3) is 11.7 Å². The molecule has 0 saturated carbocycles. The lowest BCUT2D eigenvalue weighted by Crippen LogP contribution is -2.49. The highest BCUT2D eigenvalue weighted by Gasteiger charge is 2.25. The van der Waals surface area contributed by atoms with Crippen LogP contribution in [-0.2, 0) is 0 Å². The number of rotatable bonds is 2. The maximum atomic E-state index is 12.0. The Morgan fingerprint density at radius 2 is 2.05 bits per heavy atom. The van der Waals surface area contributed by atoms with Crippen LogP contribution in [0.5, 0.6) is 0 Å². The molecule has 1 N–H and O–H groups in total. The highest BCUT2D eigenvalue weighted by molar-refractivity contribution is 9.10. The van der Waals surface area contributed by atoms with Gasteiger partial charge < -0.3 is 9.80 Å². The lowest BCUT2D eigenvalue weighted by atomic mass is 10.3. The van der Waals surface area contributed by atoms with Crippen molar-refractivity contribution < 1.29 is 4.79 Å². The number of hydrogen-bond acceptors (Lipinski definition) is 6. The monoisotopic (exact) mass is 337 g/mol. The van der Waals surface area contributed by atoms with Crippen molar-refractivity contribution in [3.8, 4) is 0 Å². The molecule has 3 rings (SSSR count). The first-order valence-corrected chi connectivity index (χ1v) is 6.92. The van der Waals surface area contributed by atoms with Crippen LogP contribution in [0.2, 0.25) is 0 Å². The van der Waals surface area contributed by atoms with E-state index in [1.165, 1.54) is 0 Å². The summed E-state index contributed by atoms with van der Waals surface area (Å²) < 4.78 is 0.951. The number of piperazine rings is 1. The van der Waals surface area contributed by atoms with Gasteiger partial charge in [-0.15, -0.1) is 10.2 Å². The van der Waals surface area contributed by atoms with Gasteiger partial charge in [-0.25, -0.2) is 4.98 Å². The van der Waals surface area contributed by atoms with Crippen LogP contribution in [0.4, 0.5) is 5.82 Å². The van der Waals surface area contributed by atoms with E-state index in [1.54, 1.807) is 11.1 Å². The molecule has 0 aliphatic carbocycles. The summed E-state index contributed by atoms with van der Waals surface area (Å²) in [6.07, 6.45) is 1.77. The molecule has 1 saturated heterocycles. The number of nitrogens with one attached hydrogen (secondary N) is 1. The molecule has 0 aromatic carbocycles. The van der Waals surface area contributed by atoms with Gasteiger partial charge in [0.15, 0.2) is 0 Å². The van der Waals surface area contributed by atoms with Gasteiger partial charge in [-0.3, -0.25) is 4.79 Å². The van der Waals surface area contributed by atoms with Gasteiger partial charge in [-0.2, -0.15) is 5.21 Å². The topological polar surface area (TPSA) is 90.9 Å². The molecule has 104 valence electrons. The van der Waals surface area contributed by atoms with Crippen molar-refractivity contribution in [1.82, 2.24) is 30.5 Å². The number of halogens is 1. The van der Waals surface area contributed by atoms with Crippen LogP contribution in [0.15, 0.2) is 22.8 Å². The summed E-state index contributed by atoms with van der Waals surface area (Å²) in [7, 11) is 0. The molecule has 0 bridgehead atoms. The van der Waals surface area contributed by atoms with Gasteiger partial charge in [-0.05, 0) is 33.3 Å². The highest BCUT2D eigenvalue weighted by Crippen LogP contribution is 2.16. The van der Waals surface area contributed by atoms with Crippen LogP contribution in [0.3, 0.4) is 0 Å². The van der Waals surface area contributed by atoms with Crippen LogP contribution >= 0.6 is 15.9 Å². The number of aromatic nitrogens is 5. The number of hydrogen-bond donors (Lipinski definition) is 1. The van der Waals surface area contributed by atoms with Crippen molar-refractivity contribution in [2.45, 2.75) is 0 Å². The zero-order valence-electron chi connectivity index (χ0n) is 10.5. The van der Waals surface area contributed by atoms with Crippen LogP contribution < -0.4 is 4.90 Å². The summed E-state index contributed by atoms with van der Waals surface area (Å²) in [5.41, 5.74) is 0. The lowest BCUT2D eigenvalue weighted by molar-refractivity contribution is 0.0734. The minimum absolute atomic E-state index is 0.111. The number of aromatic amines is 1. The Morgan fingerprint density at radius 1 is 1.25 bits per heavy atom. The number of carbonyl (C=O) groups excluding carboxylic acids is 1. The first-order valence-electron chi connectivity index (χ1n) is 6.13. The van der Waals surface area contributed by atoms with Crippen LogP contribution in [0.25, 0.3) is 0 Å². The molecule has 1 fully saturated rings. The molecule has 2 aromatic heterocycles. The second kappa shape index (κ2) is 5.53. The normalized spacial score (nSPS) is 15.4. The summed E-state index contributed by atoms with van der Waals surface area (Å²) in [5, 5.41) is 13.1. The summed E-state index contributed by atoms with van der Waals surface area (Å²) in [5.74, 6) is 0.835. The third kappa shape index (κ3) is 2.62. The van der Waals surface area contributed by atoms with E-state index in [1.807, 2.05) is 12.1 Å². The average molecular weight is 338 g/mol. The van der Waals surface area contributed by atoms with Crippen LogP contribution in [0, 0.1) is 0 Å². The Labute approximate surface area is 123 Å². The Morgan fingerprint density at radius 3 is 2.65 bits per heavy atom. The molecular formula is C11H12BrN7O. The number of H-pyrrole nitrogens is 1. The predicted octanol–water partition coefficient (Wildman–Crippen LogP) is 0.320. The number of tetrazole rings is 1. The second-order valence-corrected chi connectivity index (χ2v) is 5.26. The Kier molecular flexibility index (Phi) is 3.59. The molecule has 9 heteroatoms. The third-order valence-electron chi connectivity index (χ3n) is 3.14. The van der Waals surface area contributed by atoms with Crippen molar-refractivity contribution in [2.75, 3.05) is 31.1 Å². The Bertz CT molecular complexity index is 577. The number of anilines is 1. The minimum atomic E-state index is -0.192. The maximum absolute atomic E-state index is 12.0. The van der Waals surface area contributed by atoms with Crippen molar-refractivity contribution in [1.29, 1.82) is 0 Å². The van der Waals surface area contributed by atoms with Gasteiger partial charge in [0.1, 0.15) is 5.82 Å². The molecule has 3 heterocycles. The van der Waals surface area contributed by atoms with Crippen molar-refractivity contribution in [3.63, 3.8) is 0 Å². The van der Waals surface area contributed by atoms with E-state index in [2.05, 4.69) is 46.4 Å². The largest absolute Gasteiger partial charge is 0.353 e. The summed E-state index contributed by atoms with van der Waals surface area (Å²) in [4.78, 5) is 20.3. The number of carbonyl (C=O) groups is 1. The molecule has 2 aromatic rings. The van der Waals surface area contributed by atoms with Crippen LogP contribution in [-0.4, -0.2) is 62.6 Å². The van der Waals surface area contributed by atoms with Crippen molar-refractivity contribution in [3.05, 3.63) is 28.6 Å². The van der Waals surface area contributed by atoms with Gasteiger partial charge in [-0.1, -0.05) is 0 Å². The molecule has 0 unspecified atom stereocenters. The molecule has 1 aliphatic rings. The predicted molar refractivity (Wildman–Crippen MR) is 74.2 cm³/mol. The molecule has 0 radical (unpaired) electrons. The lowest BCUT2D eigenvalue weighted by Gasteiger charge is -2.34. The second-order valence-electron chi connectivity index (χ2n) is 4.35. The van der Waals surface area contributed by atoms with E-state index in [0.29, 0.717) is 13.1 Å². The Balaban J connectivity index is 1.62. The smallest absolute Gasteiger partial charge is 0.295 e. The first kappa shape index (κ1) is 13.0. The van der Waals surface area contributed by atoms with E-state index in [4.69, 9.17) is 0 Å². The molecule has 8 nitrogen and oxygen atoms in total. The van der Waals surface area contributed by atoms with Gasteiger partial charge in [0.05, 0.1) is 0 Å². The number of amides is 1. The zero-order chi connectivity index (χ0) is 13.9. The number of nitrogens with zero attached hydrogens (tertiary/aromatic N) is 6. The fourth-order valence-electron chi connectivity index (χ4n) is 2.09. The molecule has 0 spiro atoms. The SMILES string of the molecule is O=C(c1nn[nH]n1)N1CCN(c2ccc(Br)cn2)CC1.